The van der Waals surface area contributed by atoms with Crippen LogP contribution in [0.15, 0.2) is 28.7 Å². The van der Waals surface area contributed by atoms with E-state index in [2.05, 4.69) is 0 Å². The van der Waals surface area contributed by atoms with Crippen LogP contribution in [0.4, 0.5) is 18.0 Å². The van der Waals surface area contributed by atoms with Gasteiger partial charge in [-0.15, -0.1) is 0 Å². The van der Waals surface area contributed by atoms with Crippen molar-refractivity contribution in [2.45, 2.75) is 58.4 Å². The lowest BCUT2D eigenvalue weighted by atomic mass is 9.92. The molecule has 0 spiro atoms. The minimum Gasteiger partial charge on any atom is -0.496 e. The lowest BCUT2D eigenvalue weighted by molar-refractivity contribution is -0.137. The number of ketones is 1. The summed E-state index contributed by atoms with van der Waals surface area (Å²) in [4.78, 5) is 27.7. The van der Waals surface area contributed by atoms with Gasteiger partial charge in [-0.1, -0.05) is 0 Å². The fraction of sp³-hybridized carbons (Fsp3) is 0.520. The number of aryl methyl sites for hydroxylation is 1. The molecule has 1 aromatic carbocycles. The molecule has 2 bridgehead atoms. The lowest BCUT2D eigenvalue weighted by Crippen LogP contribution is -2.46. The summed E-state index contributed by atoms with van der Waals surface area (Å²) in [6.45, 7) is 7.68. The number of rotatable bonds is 4. The number of halogens is 3. The molecule has 1 aromatic heterocycles. The van der Waals surface area contributed by atoms with E-state index in [0.29, 0.717) is 24.1 Å². The molecule has 6 nitrogen and oxygen atoms in total. The van der Waals surface area contributed by atoms with Gasteiger partial charge in [0.05, 0.1) is 18.2 Å². The van der Waals surface area contributed by atoms with Gasteiger partial charge in [0.1, 0.15) is 17.1 Å². The maximum absolute atomic E-state index is 13.4. The first-order chi connectivity index (χ1) is 15.8. The summed E-state index contributed by atoms with van der Waals surface area (Å²) in [5, 5.41) is 0. The Morgan fingerprint density at radius 1 is 1.12 bits per heavy atom. The summed E-state index contributed by atoms with van der Waals surface area (Å²) in [7, 11) is 1.28. The van der Waals surface area contributed by atoms with Crippen LogP contribution in [0.3, 0.4) is 0 Å². The van der Waals surface area contributed by atoms with Gasteiger partial charge in [-0.3, -0.25) is 4.79 Å². The van der Waals surface area contributed by atoms with E-state index in [1.807, 2.05) is 0 Å². The Kier molecular flexibility index (Phi) is 5.94. The van der Waals surface area contributed by atoms with E-state index < -0.39 is 29.4 Å². The Balaban J connectivity index is 1.58. The molecule has 2 fully saturated rings. The van der Waals surface area contributed by atoms with Gasteiger partial charge in [-0.25, -0.2) is 4.79 Å². The van der Waals surface area contributed by atoms with Gasteiger partial charge >= 0.3 is 12.3 Å². The van der Waals surface area contributed by atoms with Gasteiger partial charge in [0.25, 0.3) is 0 Å². The van der Waals surface area contributed by atoms with E-state index in [1.54, 1.807) is 38.7 Å². The molecule has 1 saturated carbocycles. The van der Waals surface area contributed by atoms with Crippen LogP contribution in [0.5, 0.6) is 5.75 Å². The molecule has 184 valence electrons. The molecule has 2 aliphatic rings. The molecule has 0 N–H and O–H groups in total. The van der Waals surface area contributed by atoms with Crippen LogP contribution in [0.1, 0.15) is 55.3 Å². The second-order valence-corrected chi connectivity index (χ2v) is 10.0. The summed E-state index contributed by atoms with van der Waals surface area (Å²) < 4.78 is 55.8. The predicted molar refractivity (Wildman–Crippen MR) is 118 cm³/mol. The van der Waals surface area contributed by atoms with Crippen molar-refractivity contribution in [3.63, 3.8) is 0 Å². The fourth-order valence-corrected chi connectivity index (χ4v) is 4.95. The van der Waals surface area contributed by atoms with E-state index in [1.165, 1.54) is 13.2 Å². The molecule has 1 amide bonds. The number of carbonyl (C=O) groups excluding carboxylic acids is 2. The molecule has 1 aliphatic heterocycles. The minimum atomic E-state index is -4.51. The van der Waals surface area contributed by atoms with Crippen LogP contribution in [0.2, 0.25) is 0 Å². The first-order valence-electron chi connectivity index (χ1n) is 11.2. The highest BCUT2D eigenvalue weighted by molar-refractivity contribution is 5.97. The first kappa shape index (κ1) is 24.2. The van der Waals surface area contributed by atoms with Gasteiger partial charge in [-0.05, 0) is 76.3 Å². The van der Waals surface area contributed by atoms with Crippen molar-refractivity contribution in [1.82, 2.24) is 4.90 Å². The van der Waals surface area contributed by atoms with Crippen LogP contribution in [-0.4, -0.2) is 42.1 Å². The topological polar surface area (TPSA) is 69.0 Å². The third-order valence-corrected chi connectivity index (χ3v) is 6.38. The number of amides is 1. The second kappa shape index (κ2) is 8.36. The van der Waals surface area contributed by atoms with E-state index in [-0.39, 0.29) is 35.0 Å². The Bertz CT molecular complexity index is 1110. The van der Waals surface area contributed by atoms with Gasteiger partial charge in [0, 0.05) is 18.5 Å². The number of alkyl halides is 3. The summed E-state index contributed by atoms with van der Waals surface area (Å²) in [6, 6.07) is 4.48. The van der Waals surface area contributed by atoms with Crippen molar-refractivity contribution < 1.29 is 36.7 Å². The minimum absolute atomic E-state index is 0.00213. The van der Waals surface area contributed by atoms with Crippen molar-refractivity contribution in [3.05, 3.63) is 41.2 Å². The highest BCUT2D eigenvalue weighted by atomic mass is 19.4. The molecule has 3 atom stereocenters. The number of hydrogen-bond donors (Lipinski definition) is 0. The number of benzene rings is 1. The number of Topliss-reactive ketones (excluding diaryl/α,β-unsaturated/α-hetero) is 1. The SMILES string of the molecule is COc1cc(C(F)(F)F)ccc1-c1oc(C(=O)C2CC3CC2N(C(=O)OC(C)(C)C)C3)cc1C. The standard InChI is InChI=1S/C25H28F3NO5/c1-13-8-20(33-22(13)16-7-6-15(25(26,27)28)11-19(16)32-5)21(30)17-9-14-10-18(17)29(12-14)23(31)34-24(2,3)4/h6-8,11,14,17-18H,9-10,12H2,1-5H3. The fourth-order valence-electron chi connectivity index (χ4n) is 4.95. The summed E-state index contributed by atoms with van der Waals surface area (Å²) in [5.41, 5.74) is -0.534. The number of hydrogen-bond acceptors (Lipinski definition) is 5. The third kappa shape index (κ3) is 4.52. The van der Waals surface area contributed by atoms with Crippen LogP contribution in [0, 0.1) is 18.8 Å². The predicted octanol–water partition coefficient (Wildman–Crippen LogP) is 6.11. The monoisotopic (exact) mass is 479 g/mol. The number of methoxy groups -OCH3 is 1. The van der Waals surface area contributed by atoms with Gasteiger partial charge < -0.3 is 18.8 Å². The molecular formula is C25H28F3NO5. The van der Waals surface area contributed by atoms with Crippen molar-refractivity contribution in [1.29, 1.82) is 0 Å². The number of nitrogens with zero attached hydrogens (tertiary/aromatic N) is 1. The molecule has 2 heterocycles. The Morgan fingerprint density at radius 2 is 1.82 bits per heavy atom. The smallest absolute Gasteiger partial charge is 0.416 e. The maximum atomic E-state index is 13.4. The highest BCUT2D eigenvalue weighted by Crippen LogP contribution is 2.45. The highest BCUT2D eigenvalue weighted by Gasteiger charge is 2.51. The zero-order valence-electron chi connectivity index (χ0n) is 19.8. The van der Waals surface area contributed by atoms with Gasteiger partial charge in [0.2, 0.25) is 5.78 Å². The van der Waals surface area contributed by atoms with E-state index >= 15 is 0 Å². The number of carbonyl (C=O) groups is 2. The molecule has 2 aromatic rings. The number of furan rings is 1. The largest absolute Gasteiger partial charge is 0.496 e. The second-order valence-electron chi connectivity index (χ2n) is 10.0. The van der Waals surface area contributed by atoms with Crippen molar-refractivity contribution in [2.24, 2.45) is 11.8 Å². The van der Waals surface area contributed by atoms with Crippen molar-refractivity contribution in [3.8, 4) is 17.1 Å². The van der Waals surface area contributed by atoms with Crippen molar-refractivity contribution in [2.75, 3.05) is 13.7 Å². The first-order valence-corrected chi connectivity index (χ1v) is 11.2. The number of piperidine rings is 1. The van der Waals surface area contributed by atoms with Crippen LogP contribution in [-0.2, 0) is 10.9 Å². The van der Waals surface area contributed by atoms with Gasteiger partial charge in [-0.2, -0.15) is 13.2 Å². The number of likely N-dealkylation sites (tertiary alicyclic amines) is 1. The molecular weight excluding hydrogens is 451 g/mol. The average Bonchev–Trinajstić information content (AvgIpc) is 3.45. The lowest BCUT2D eigenvalue weighted by Gasteiger charge is -2.33. The summed E-state index contributed by atoms with van der Waals surface area (Å²) in [5.74, 6) is -0.0170. The average molecular weight is 479 g/mol. The molecule has 1 saturated heterocycles. The third-order valence-electron chi connectivity index (χ3n) is 6.38. The van der Waals surface area contributed by atoms with Crippen molar-refractivity contribution >= 4 is 11.9 Å². The molecule has 9 heteroatoms. The van der Waals surface area contributed by atoms with E-state index in [4.69, 9.17) is 13.9 Å². The Labute approximate surface area is 196 Å². The van der Waals surface area contributed by atoms with E-state index in [9.17, 15) is 22.8 Å². The quantitative estimate of drug-likeness (QED) is 0.495. The summed E-state index contributed by atoms with van der Waals surface area (Å²) in [6.07, 6.45) is -3.55. The van der Waals surface area contributed by atoms with Crippen LogP contribution < -0.4 is 4.74 Å². The Morgan fingerprint density at radius 3 is 2.41 bits per heavy atom. The molecule has 4 rings (SSSR count). The molecule has 34 heavy (non-hydrogen) atoms. The Hall–Kier alpha value is -2.97. The van der Waals surface area contributed by atoms with Crippen LogP contribution in [0.25, 0.3) is 11.3 Å². The molecule has 3 unspecified atom stereocenters. The number of ether oxygens (including phenoxy) is 2. The van der Waals surface area contributed by atoms with Gasteiger partial charge in [0.15, 0.2) is 5.76 Å². The molecule has 0 radical (unpaired) electrons. The number of fused-ring (bicyclic) bond motifs is 2. The zero-order chi connectivity index (χ0) is 25.0. The summed E-state index contributed by atoms with van der Waals surface area (Å²) >= 11 is 0. The van der Waals surface area contributed by atoms with E-state index in [0.717, 1.165) is 18.6 Å². The normalized spacial score (nSPS) is 22.2. The maximum Gasteiger partial charge on any atom is 0.416 e. The van der Waals surface area contributed by atoms with Crippen LogP contribution >= 0.6 is 0 Å². The zero-order valence-corrected chi connectivity index (χ0v) is 19.8. The molecule has 1 aliphatic carbocycles.